The van der Waals surface area contributed by atoms with Crippen LogP contribution < -0.4 is 9.47 Å². The summed E-state index contributed by atoms with van der Waals surface area (Å²) in [6.45, 7) is 10.1. The highest BCUT2D eigenvalue weighted by Crippen LogP contribution is 2.39. The number of ether oxygens (including phenoxy) is 2. The van der Waals surface area contributed by atoms with Crippen molar-refractivity contribution in [3.63, 3.8) is 0 Å². The van der Waals surface area contributed by atoms with Gasteiger partial charge in [0.1, 0.15) is 18.1 Å². The van der Waals surface area contributed by atoms with Crippen molar-refractivity contribution in [3.8, 4) is 11.5 Å². The summed E-state index contributed by atoms with van der Waals surface area (Å²) >= 11 is 0. The van der Waals surface area contributed by atoms with E-state index in [2.05, 4.69) is 43.0 Å². The second-order valence-electron chi connectivity index (χ2n) is 10.8. The number of fused-ring (bicyclic) bond motifs is 1. The Hall–Kier alpha value is -2.53. The minimum absolute atomic E-state index is 0.0921. The van der Waals surface area contributed by atoms with Gasteiger partial charge in [0.05, 0.1) is 12.7 Å². The number of hydrogen-bond donors (Lipinski definition) is 0. The summed E-state index contributed by atoms with van der Waals surface area (Å²) in [4.78, 5) is 18.0. The van der Waals surface area contributed by atoms with Crippen molar-refractivity contribution in [2.24, 2.45) is 11.3 Å². The lowest BCUT2D eigenvalue weighted by Crippen LogP contribution is -2.49. The summed E-state index contributed by atoms with van der Waals surface area (Å²) in [5.74, 6) is 2.41. The molecule has 1 spiro atoms. The summed E-state index contributed by atoms with van der Waals surface area (Å²) in [5.41, 5.74) is 2.25. The predicted molar refractivity (Wildman–Crippen MR) is 141 cm³/mol. The van der Waals surface area contributed by atoms with Gasteiger partial charge in [-0.2, -0.15) is 0 Å². The maximum atomic E-state index is 13.3. The molecule has 0 radical (unpaired) electrons. The number of aryl methyl sites for hydroxylation is 1. The molecule has 0 unspecified atom stereocenters. The first kappa shape index (κ1) is 25.6. The van der Waals surface area contributed by atoms with Gasteiger partial charge in [-0.1, -0.05) is 50.6 Å². The van der Waals surface area contributed by atoms with Crippen molar-refractivity contribution < 1.29 is 14.3 Å². The molecule has 0 saturated carbocycles. The lowest BCUT2D eigenvalue weighted by Gasteiger charge is -2.45. The van der Waals surface area contributed by atoms with E-state index in [9.17, 15) is 4.79 Å². The highest BCUT2D eigenvalue weighted by atomic mass is 16.5. The Morgan fingerprint density at radius 1 is 1.00 bits per heavy atom. The smallest absolute Gasteiger partial charge is 0.257 e. The Morgan fingerprint density at radius 3 is 2.51 bits per heavy atom. The number of methoxy groups -OCH3 is 1. The van der Waals surface area contributed by atoms with Crippen molar-refractivity contribution in [1.82, 2.24) is 9.80 Å². The van der Waals surface area contributed by atoms with Gasteiger partial charge in [0.15, 0.2) is 0 Å². The summed E-state index contributed by atoms with van der Waals surface area (Å²) in [6.07, 6.45) is 6.79. The number of piperidine rings is 1. The van der Waals surface area contributed by atoms with Gasteiger partial charge in [-0.15, -0.1) is 0 Å². The van der Waals surface area contributed by atoms with Gasteiger partial charge in [0, 0.05) is 32.7 Å². The zero-order chi connectivity index (χ0) is 24.7. The summed E-state index contributed by atoms with van der Waals surface area (Å²) in [7, 11) is 1.63. The summed E-state index contributed by atoms with van der Waals surface area (Å²) in [5, 5.41) is 0. The molecule has 0 aliphatic carbocycles. The molecule has 190 valence electrons. The molecule has 2 aromatic carbocycles. The minimum Gasteiger partial charge on any atom is -0.496 e. The van der Waals surface area contributed by atoms with E-state index in [1.165, 1.54) is 24.8 Å². The van der Waals surface area contributed by atoms with Crippen LogP contribution in [0.2, 0.25) is 0 Å². The SMILES string of the molecule is COc1ccccc1C(=O)N1CCC2(CCCCc3ccccc3OCCN(CC(C)C)C2)CC1. The number of likely N-dealkylation sites (tertiary alicyclic amines) is 1. The lowest BCUT2D eigenvalue weighted by molar-refractivity contribution is 0.0353. The predicted octanol–water partition coefficient (Wildman–Crippen LogP) is 5.68. The lowest BCUT2D eigenvalue weighted by atomic mass is 9.73. The van der Waals surface area contributed by atoms with E-state index in [1.54, 1.807) is 7.11 Å². The molecule has 0 bridgehead atoms. The number of nitrogens with zero attached hydrogens (tertiary/aromatic N) is 2. The van der Waals surface area contributed by atoms with E-state index in [4.69, 9.17) is 9.47 Å². The maximum Gasteiger partial charge on any atom is 0.257 e. The third kappa shape index (κ3) is 6.58. The number of rotatable bonds is 4. The van der Waals surface area contributed by atoms with Gasteiger partial charge in [-0.05, 0) is 67.2 Å². The highest BCUT2D eigenvalue weighted by molar-refractivity contribution is 5.97. The first-order chi connectivity index (χ1) is 17.0. The van der Waals surface area contributed by atoms with Crippen molar-refractivity contribution in [2.45, 2.75) is 52.4 Å². The van der Waals surface area contributed by atoms with Gasteiger partial charge in [-0.3, -0.25) is 9.69 Å². The van der Waals surface area contributed by atoms with Crippen LogP contribution in [0.5, 0.6) is 11.5 Å². The number of carbonyl (C=O) groups excluding carboxylic acids is 1. The normalized spacial score (nSPS) is 19.4. The van der Waals surface area contributed by atoms with Crippen molar-refractivity contribution in [3.05, 3.63) is 59.7 Å². The molecular formula is C30H42N2O3. The van der Waals surface area contributed by atoms with E-state index in [0.717, 1.165) is 64.3 Å². The Balaban J connectivity index is 1.47. The monoisotopic (exact) mass is 478 g/mol. The standard InChI is InChI=1S/C30H42N2O3/c1-24(2)22-31-20-21-35-27-13-6-4-10-25(27)11-8-9-15-30(23-31)16-18-32(19-17-30)29(33)26-12-5-7-14-28(26)34-3/h4-7,10,12-14,24H,8-9,11,15-23H2,1-3H3. The molecule has 35 heavy (non-hydrogen) atoms. The molecule has 1 saturated heterocycles. The Bertz CT molecular complexity index is 966. The largest absolute Gasteiger partial charge is 0.496 e. The number of hydrogen-bond acceptors (Lipinski definition) is 4. The van der Waals surface area contributed by atoms with Crippen LogP contribution in [0.25, 0.3) is 0 Å². The Kier molecular flexibility index (Phi) is 8.72. The highest BCUT2D eigenvalue weighted by Gasteiger charge is 2.37. The van der Waals surface area contributed by atoms with Gasteiger partial charge < -0.3 is 14.4 Å². The second-order valence-corrected chi connectivity index (χ2v) is 10.8. The third-order valence-electron chi connectivity index (χ3n) is 7.67. The molecule has 0 N–H and O–H groups in total. The van der Waals surface area contributed by atoms with E-state index in [1.807, 2.05) is 29.2 Å². The second kappa shape index (κ2) is 11.9. The first-order valence-corrected chi connectivity index (χ1v) is 13.3. The van der Waals surface area contributed by atoms with Crippen molar-refractivity contribution >= 4 is 5.91 Å². The average molecular weight is 479 g/mol. The van der Waals surface area contributed by atoms with Crippen LogP contribution in [0.3, 0.4) is 0 Å². The molecule has 2 aliphatic heterocycles. The van der Waals surface area contributed by atoms with Crippen LogP contribution >= 0.6 is 0 Å². The molecule has 2 heterocycles. The molecule has 2 aromatic rings. The fourth-order valence-corrected chi connectivity index (χ4v) is 5.84. The fraction of sp³-hybridized carbons (Fsp3) is 0.567. The van der Waals surface area contributed by atoms with E-state index in [0.29, 0.717) is 17.2 Å². The van der Waals surface area contributed by atoms with E-state index < -0.39 is 0 Å². The first-order valence-electron chi connectivity index (χ1n) is 13.3. The molecule has 0 aromatic heterocycles. The zero-order valence-corrected chi connectivity index (χ0v) is 21.8. The fourth-order valence-electron chi connectivity index (χ4n) is 5.84. The molecule has 5 heteroatoms. The topological polar surface area (TPSA) is 42.0 Å². The van der Waals surface area contributed by atoms with E-state index in [-0.39, 0.29) is 11.3 Å². The van der Waals surface area contributed by atoms with Gasteiger partial charge >= 0.3 is 0 Å². The average Bonchev–Trinajstić information content (AvgIpc) is 2.86. The Labute approximate surface area is 211 Å². The summed E-state index contributed by atoms with van der Waals surface area (Å²) in [6, 6.07) is 16.1. The van der Waals surface area contributed by atoms with Crippen LogP contribution in [0.15, 0.2) is 48.5 Å². The minimum atomic E-state index is 0.0921. The molecule has 1 fully saturated rings. The van der Waals surface area contributed by atoms with Gasteiger partial charge in [0.25, 0.3) is 5.91 Å². The number of carbonyl (C=O) groups is 1. The van der Waals surface area contributed by atoms with E-state index >= 15 is 0 Å². The van der Waals surface area contributed by atoms with Crippen molar-refractivity contribution in [2.75, 3.05) is 46.4 Å². The molecule has 4 rings (SSSR count). The van der Waals surface area contributed by atoms with Crippen LogP contribution in [-0.4, -0.2) is 62.1 Å². The molecule has 5 nitrogen and oxygen atoms in total. The van der Waals surface area contributed by atoms with Crippen molar-refractivity contribution in [1.29, 1.82) is 0 Å². The summed E-state index contributed by atoms with van der Waals surface area (Å²) < 4.78 is 11.7. The number of amides is 1. The number of benzene rings is 2. The van der Waals surface area contributed by atoms with Crippen LogP contribution in [0.4, 0.5) is 0 Å². The molecule has 2 aliphatic rings. The van der Waals surface area contributed by atoms with Crippen LogP contribution in [0.1, 0.15) is 61.9 Å². The quantitative estimate of drug-likeness (QED) is 0.567. The third-order valence-corrected chi connectivity index (χ3v) is 7.67. The van der Waals surface area contributed by atoms with Gasteiger partial charge in [-0.25, -0.2) is 0 Å². The number of para-hydroxylation sites is 2. The van der Waals surface area contributed by atoms with Crippen LogP contribution in [-0.2, 0) is 6.42 Å². The van der Waals surface area contributed by atoms with Crippen LogP contribution in [0, 0.1) is 11.3 Å². The zero-order valence-electron chi connectivity index (χ0n) is 21.8. The Morgan fingerprint density at radius 2 is 1.74 bits per heavy atom. The van der Waals surface area contributed by atoms with Gasteiger partial charge in [0.2, 0.25) is 0 Å². The molecule has 0 atom stereocenters. The molecular weight excluding hydrogens is 436 g/mol. The molecule has 1 amide bonds. The maximum absolute atomic E-state index is 13.3.